The zero-order chi connectivity index (χ0) is 20.1. The molecule has 0 saturated heterocycles. The van der Waals surface area contributed by atoms with E-state index in [-0.39, 0.29) is 5.69 Å². The van der Waals surface area contributed by atoms with E-state index in [1.54, 1.807) is 35.7 Å². The predicted molar refractivity (Wildman–Crippen MR) is 109 cm³/mol. The number of amides is 1. The maximum atomic E-state index is 12.2. The minimum Gasteiger partial charge on any atom is -0.495 e. The summed E-state index contributed by atoms with van der Waals surface area (Å²) in [6.07, 6.45) is 0. The first kappa shape index (κ1) is 19.9. The van der Waals surface area contributed by atoms with Gasteiger partial charge in [0, 0.05) is 16.0 Å². The van der Waals surface area contributed by atoms with Gasteiger partial charge in [-0.05, 0) is 36.8 Å². The first-order chi connectivity index (χ1) is 13.5. The van der Waals surface area contributed by atoms with Crippen LogP contribution in [0.5, 0.6) is 5.75 Å². The molecular formula is C20H17ClN2O4S. The van der Waals surface area contributed by atoms with E-state index in [1.165, 1.54) is 18.4 Å². The smallest absolute Gasteiger partial charge is 0.358 e. The third-order valence-corrected chi connectivity index (χ3v) is 4.87. The van der Waals surface area contributed by atoms with Crippen LogP contribution in [-0.4, -0.2) is 30.6 Å². The van der Waals surface area contributed by atoms with E-state index in [4.69, 9.17) is 21.1 Å². The number of carbonyl (C=O) groups excluding carboxylic acids is 2. The highest BCUT2D eigenvalue weighted by Gasteiger charge is 2.16. The van der Waals surface area contributed by atoms with Crippen molar-refractivity contribution in [3.8, 4) is 16.3 Å². The standard InChI is InChI=1S/C20H17ClN2O4S/c1-12-6-7-17(26-2)15(8-12)22-18(24)10-27-20(25)16-11-28-19(23-16)13-4-3-5-14(21)9-13/h3-9,11H,10H2,1-2H3,(H,22,24). The fraction of sp³-hybridized carbons (Fsp3) is 0.150. The Bertz CT molecular complexity index is 1020. The van der Waals surface area contributed by atoms with Crippen molar-refractivity contribution in [1.29, 1.82) is 0 Å². The third kappa shape index (κ3) is 4.88. The van der Waals surface area contributed by atoms with Gasteiger partial charge in [-0.3, -0.25) is 4.79 Å². The van der Waals surface area contributed by atoms with Gasteiger partial charge in [-0.2, -0.15) is 0 Å². The summed E-state index contributed by atoms with van der Waals surface area (Å²) in [4.78, 5) is 28.6. The molecule has 1 N–H and O–H groups in total. The lowest BCUT2D eigenvalue weighted by Crippen LogP contribution is -2.21. The molecule has 0 atom stereocenters. The first-order valence-electron chi connectivity index (χ1n) is 8.29. The van der Waals surface area contributed by atoms with Gasteiger partial charge in [0.1, 0.15) is 10.8 Å². The SMILES string of the molecule is COc1ccc(C)cc1NC(=O)COC(=O)c1csc(-c2cccc(Cl)c2)n1. The summed E-state index contributed by atoms with van der Waals surface area (Å²) < 4.78 is 10.3. The number of hydrogen-bond acceptors (Lipinski definition) is 6. The number of aryl methyl sites for hydroxylation is 1. The number of esters is 1. The number of carbonyl (C=O) groups is 2. The van der Waals surface area contributed by atoms with Gasteiger partial charge < -0.3 is 14.8 Å². The number of nitrogens with one attached hydrogen (secondary N) is 1. The highest BCUT2D eigenvalue weighted by molar-refractivity contribution is 7.13. The minimum atomic E-state index is -0.670. The van der Waals surface area contributed by atoms with Crippen molar-refractivity contribution in [2.45, 2.75) is 6.92 Å². The van der Waals surface area contributed by atoms with Crippen molar-refractivity contribution in [2.75, 3.05) is 19.0 Å². The molecule has 0 aliphatic heterocycles. The summed E-state index contributed by atoms with van der Waals surface area (Å²) in [6, 6.07) is 12.6. The maximum absolute atomic E-state index is 12.2. The fourth-order valence-corrected chi connectivity index (χ4v) is 3.41. The van der Waals surface area contributed by atoms with Crippen LogP contribution >= 0.6 is 22.9 Å². The number of nitrogens with zero attached hydrogens (tertiary/aromatic N) is 1. The van der Waals surface area contributed by atoms with Gasteiger partial charge in [0.2, 0.25) is 0 Å². The molecule has 0 radical (unpaired) electrons. The lowest BCUT2D eigenvalue weighted by Gasteiger charge is -2.11. The zero-order valence-corrected chi connectivity index (χ0v) is 16.8. The molecule has 1 amide bonds. The Hall–Kier alpha value is -2.90. The number of benzene rings is 2. The van der Waals surface area contributed by atoms with Crippen molar-refractivity contribution >= 4 is 40.5 Å². The molecule has 3 rings (SSSR count). The van der Waals surface area contributed by atoms with Crippen molar-refractivity contribution in [3.63, 3.8) is 0 Å². The molecule has 1 heterocycles. The highest BCUT2D eigenvalue weighted by atomic mass is 35.5. The van der Waals surface area contributed by atoms with Crippen LogP contribution in [0.2, 0.25) is 5.02 Å². The van der Waals surface area contributed by atoms with E-state index in [2.05, 4.69) is 10.3 Å². The van der Waals surface area contributed by atoms with E-state index < -0.39 is 18.5 Å². The lowest BCUT2D eigenvalue weighted by molar-refractivity contribution is -0.119. The molecule has 0 saturated carbocycles. The van der Waals surface area contributed by atoms with Gasteiger partial charge in [-0.1, -0.05) is 29.8 Å². The number of aromatic nitrogens is 1. The van der Waals surface area contributed by atoms with E-state index >= 15 is 0 Å². The molecule has 0 aliphatic carbocycles. The minimum absolute atomic E-state index is 0.140. The summed E-state index contributed by atoms with van der Waals surface area (Å²) in [5.41, 5.74) is 2.42. The molecule has 144 valence electrons. The highest BCUT2D eigenvalue weighted by Crippen LogP contribution is 2.27. The van der Waals surface area contributed by atoms with Gasteiger partial charge in [0.05, 0.1) is 12.8 Å². The van der Waals surface area contributed by atoms with Crippen LogP contribution in [0.4, 0.5) is 5.69 Å². The number of hydrogen-bond donors (Lipinski definition) is 1. The molecule has 0 unspecified atom stereocenters. The van der Waals surface area contributed by atoms with Crippen molar-refractivity contribution in [3.05, 3.63) is 64.1 Å². The van der Waals surface area contributed by atoms with E-state index in [9.17, 15) is 9.59 Å². The molecule has 1 aromatic heterocycles. The van der Waals surface area contributed by atoms with Crippen LogP contribution in [0.25, 0.3) is 10.6 Å². The first-order valence-corrected chi connectivity index (χ1v) is 9.55. The molecule has 0 bridgehead atoms. The molecule has 6 nitrogen and oxygen atoms in total. The molecular weight excluding hydrogens is 400 g/mol. The molecule has 2 aromatic carbocycles. The van der Waals surface area contributed by atoms with E-state index in [0.29, 0.717) is 21.5 Å². The average molecular weight is 417 g/mol. The Kier molecular flexibility index (Phi) is 6.28. The predicted octanol–water partition coefficient (Wildman–Crippen LogP) is 4.58. The van der Waals surface area contributed by atoms with Crippen LogP contribution < -0.4 is 10.1 Å². The van der Waals surface area contributed by atoms with Crippen molar-refractivity contribution in [1.82, 2.24) is 4.98 Å². The van der Waals surface area contributed by atoms with Crippen molar-refractivity contribution < 1.29 is 19.1 Å². The lowest BCUT2D eigenvalue weighted by atomic mass is 10.2. The van der Waals surface area contributed by atoms with Crippen LogP contribution in [0, 0.1) is 6.92 Å². The second-order valence-corrected chi connectivity index (χ2v) is 7.17. The molecule has 0 spiro atoms. The molecule has 8 heteroatoms. The second-order valence-electron chi connectivity index (χ2n) is 5.88. The summed E-state index contributed by atoms with van der Waals surface area (Å²) in [7, 11) is 1.51. The summed E-state index contributed by atoms with van der Waals surface area (Å²) in [5.74, 6) is -0.616. The second kappa shape index (κ2) is 8.86. The quantitative estimate of drug-likeness (QED) is 0.595. The van der Waals surface area contributed by atoms with Crippen LogP contribution in [0.1, 0.15) is 16.1 Å². The van der Waals surface area contributed by atoms with Gasteiger partial charge in [0.15, 0.2) is 12.3 Å². The third-order valence-electron chi connectivity index (χ3n) is 3.75. The van der Waals surface area contributed by atoms with Gasteiger partial charge in [-0.25, -0.2) is 9.78 Å². The Balaban J connectivity index is 1.60. The number of rotatable bonds is 6. The largest absolute Gasteiger partial charge is 0.495 e. The topological polar surface area (TPSA) is 77.5 Å². The van der Waals surface area contributed by atoms with Crippen molar-refractivity contribution in [2.24, 2.45) is 0 Å². The van der Waals surface area contributed by atoms with E-state index in [0.717, 1.165) is 11.1 Å². The fourth-order valence-electron chi connectivity index (χ4n) is 2.43. The Morgan fingerprint density at radius 1 is 1.21 bits per heavy atom. The van der Waals surface area contributed by atoms with E-state index in [1.807, 2.05) is 19.1 Å². The molecule has 3 aromatic rings. The van der Waals surface area contributed by atoms with Gasteiger partial charge in [-0.15, -0.1) is 11.3 Å². The number of halogens is 1. The number of methoxy groups -OCH3 is 1. The monoisotopic (exact) mass is 416 g/mol. The summed E-state index contributed by atoms with van der Waals surface area (Å²) in [6.45, 7) is 1.47. The van der Waals surface area contributed by atoms with Crippen LogP contribution in [0.3, 0.4) is 0 Å². The Morgan fingerprint density at radius 2 is 2.04 bits per heavy atom. The number of thiazole rings is 1. The van der Waals surface area contributed by atoms with Gasteiger partial charge >= 0.3 is 5.97 Å². The van der Waals surface area contributed by atoms with Crippen LogP contribution in [0.15, 0.2) is 47.8 Å². The molecule has 28 heavy (non-hydrogen) atoms. The molecule has 0 fully saturated rings. The normalized spacial score (nSPS) is 10.4. The average Bonchev–Trinajstić information content (AvgIpc) is 3.17. The summed E-state index contributed by atoms with van der Waals surface area (Å²) >= 11 is 7.27. The Labute approximate surface area is 171 Å². The zero-order valence-electron chi connectivity index (χ0n) is 15.2. The maximum Gasteiger partial charge on any atom is 0.358 e. The van der Waals surface area contributed by atoms with Gasteiger partial charge in [0.25, 0.3) is 5.91 Å². The van der Waals surface area contributed by atoms with Crippen LogP contribution in [-0.2, 0) is 9.53 Å². The number of ether oxygens (including phenoxy) is 2. The summed E-state index contributed by atoms with van der Waals surface area (Å²) in [5, 5.41) is 5.48. The molecule has 0 aliphatic rings. The number of anilines is 1. The Morgan fingerprint density at radius 3 is 2.79 bits per heavy atom.